The lowest BCUT2D eigenvalue weighted by atomic mass is 10.3. The summed E-state index contributed by atoms with van der Waals surface area (Å²) in [7, 11) is -3.71. The van der Waals surface area contributed by atoms with E-state index in [2.05, 4.69) is 0 Å². The fourth-order valence-electron chi connectivity index (χ4n) is 0.857. The summed E-state index contributed by atoms with van der Waals surface area (Å²) in [5.74, 6) is 0.304. The molecule has 2 N–H and O–H groups in total. The van der Waals surface area contributed by atoms with Crippen LogP contribution in [0.4, 0.5) is 0 Å². The van der Waals surface area contributed by atoms with Crippen LogP contribution in [0.25, 0.3) is 0 Å². The van der Waals surface area contributed by atoms with E-state index in [1.54, 1.807) is 12.1 Å². The monoisotopic (exact) mass is 212 g/mol. The molecular formula is C8H8N2O3S. The minimum Gasteiger partial charge on any atom is -0.479 e. The molecule has 0 bridgehead atoms. The number of ether oxygens (including phenoxy) is 1. The summed E-state index contributed by atoms with van der Waals surface area (Å²) in [6, 6.07) is 7.44. The quantitative estimate of drug-likeness (QED) is 0.776. The molecule has 1 aromatic rings. The fraction of sp³-hybridized carbons (Fsp3) is 0.125. The standard InChI is InChI=1S/C8H8N2O3S/c9-4-5-13-7-2-1-3-8(6-7)14(10,11)12/h1-3,6H,5H2,(H2,10,11,12). The molecule has 0 unspecified atom stereocenters. The van der Waals surface area contributed by atoms with E-state index in [4.69, 9.17) is 15.1 Å². The van der Waals surface area contributed by atoms with E-state index < -0.39 is 10.0 Å². The summed E-state index contributed by atoms with van der Waals surface area (Å²) in [6.07, 6.45) is 0. The fourth-order valence-corrected chi connectivity index (χ4v) is 1.41. The van der Waals surface area contributed by atoms with Crippen LogP contribution < -0.4 is 9.88 Å². The highest BCUT2D eigenvalue weighted by molar-refractivity contribution is 7.89. The number of primary sulfonamides is 1. The van der Waals surface area contributed by atoms with Gasteiger partial charge in [-0.2, -0.15) is 5.26 Å². The van der Waals surface area contributed by atoms with Crippen molar-refractivity contribution in [3.63, 3.8) is 0 Å². The molecule has 0 aliphatic heterocycles. The Morgan fingerprint density at radius 2 is 2.21 bits per heavy atom. The van der Waals surface area contributed by atoms with Crippen LogP contribution in [-0.4, -0.2) is 15.0 Å². The third-order valence-corrected chi connectivity index (χ3v) is 2.35. The maximum atomic E-state index is 10.9. The molecule has 0 atom stereocenters. The van der Waals surface area contributed by atoms with E-state index in [9.17, 15) is 8.42 Å². The Hall–Kier alpha value is -1.58. The van der Waals surface area contributed by atoms with Crippen molar-refractivity contribution in [2.75, 3.05) is 6.61 Å². The lowest BCUT2D eigenvalue weighted by Crippen LogP contribution is -2.12. The zero-order valence-electron chi connectivity index (χ0n) is 7.17. The molecule has 0 radical (unpaired) electrons. The normalized spacial score (nSPS) is 10.6. The van der Waals surface area contributed by atoms with Gasteiger partial charge in [0.05, 0.1) is 4.90 Å². The van der Waals surface area contributed by atoms with Crippen molar-refractivity contribution in [3.8, 4) is 11.8 Å². The van der Waals surface area contributed by atoms with Gasteiger partial charge < -0.3 is 4.74 Å². The summed E-state index contributed by atoms with van der Waals surface area (Å²) in [4.78, 5) is -0.0343. The van der Waals surface area contributed by atoms with E-state index >= 15 is 0 Å². The second kappa shape index (κ2) is 4.09. The Balaban J connectivity index is 2.97. The topological polar surface area (TPSA) is 93.2 Å². The highest BCUT2D eigenvalue weighted by Gasteiger charge is 2.07. The molecule has 0 saturated heterocycles. The zero-order valence-corrected chi connectivity index (χ0v) is 7.99. The van der Waals surface area contributed by atoms with E-state index in [0.717, 1.165) is 0 Å². The van der Waals surface area contributed by atoms with Gasteiger partial charge in [-0.05, 0) is 12.1 Å². The van der Waals surface area contributed by atoms with Crippen molar-refractivity contribution in [3.05, 3.63) is 24.3 Å². The molecule has 0 fully saturated rings. The van der Waals surface area contributed by atoms with Crippen LogP contribution in [0.15, 0.2) is 29.2 Å². The number of hydrogen-bond donors (Lipinski definition) is 1. The van der Waals surface area contributed by atoms with Gasteiger partial charge in [0.2, 0.25) is 10.0 Å². The number of sulfonamides is 1. The van der Waals surface area contributed by atoms with Gasteiger partial charge in [-0.15, -0.1) is 0 Å². The Labute approximate surface area is 81.8 Å². The molecule has 0 spiro atoms. The Morgan fingerprint density at radius 1 is 1.50 bits per heavy atom. The predicted molar refractivity (Wildman–Crippen MR) is 48.9 cm³/mol. The summed E-state index contributed by atoms with van der Waals surface area (Å²) in [5, 5.41) is 13.1. The van der Waals surface area contributed by atoms with Crippen molar-refractivity contribution >= 4 is 10.0 Å². The van der Waals surface area contributed by atoms with Crippen LogP contribution >= 0.6 is 0 Å². The van der Waals surface area contributed by atoms with E-state index in [-0.39, 0.29) is 11.5 Å². The van der Waals surface area contributed by atoms with Crippen molar-refractivity contribution in [1.29, 1.82) is 5.26 Å². The summed E-state index contributed by atoms with van der Waals surface area (Å²) >= 11 is 0. The highest BCUT2D eigenvalue weighted by atomic mass is 32.2. The van der Waals surface area contributed by atoms with Crippen LogP contribution in [0.5, 0.6) is 5.75 Å². The molecule has 0 aliphatic carbocycles. The van der Waals surface area contributed by atoms with Gasteiger partial charge in [-0.25, -0.2) is 13.6 Å². The number of rotatable bonds is 3. The second-order valence-corrected chi connectivity index (χ2v) is 4.03. The predicted octanol–water partition coefficient (Wildman–Crippen LogP) is 0.236. The third kappa shape index (κ3) is 2.73. The highest BCUT2D eigenvalue weighted by Crippen LogP contribution is 2.15. The average Bonchev–Trinajstić information content (AvgIpc) is 2.14. The average molecular weight is 212 g/mol. The maximum absolute atomic E-state index is 10.9. The molecule has 0 amide bonds. The first-order chi connectivity index (χ1) is 6.54. The minimum absolute atomic E-state index is 0.0343. The van der Waals surface area contributed by atoms with Crippen molar-refractivity contribution < 1.29 is 13.2 Å². The van der Waals surface area contributed by atoms with Gasteiger partial charge in [0, 0.05) is 6.07 Å². The molecular weight excluding hydrogens is 204 g/mol. The largest absolute Gasteiger partial charge is 0.479 e. The Morgan fingerprint density at radius 3 is 2.79 bits per heavy atom. The number of nitriles is 1. The Kier molecular flexibility index (Phi) is 3.06. The number of benzene rings is 1. The SMILES string of the molecule is N#CCOc1cccc(S(N)(=O)=O)c1. The summed E-state index contributed by atoms with van der Waals surface area (Å²) in [5.41, 5.74) is 0. The van der Waals surface area contributed by atoms with Crippen LogP contribution in [0, 0.1) is 11.3 Å². The smallest absolute Gasteiger partial charge is 0.238 e. The zero-order chi connectivity index (χ0) is 10.6. The Bertz CT molecular complexity index is 462. The molecule has 0 aliphatic rings. The van der Waals surface area contributed by atoms with Crippen LogP contribution in [0.3, 0.4) is 0 Å². The molecule has 0 saturated carbocycles. The summed E-state index contributed by atoms with van der Waals surface area (Å²) < 4.78 is 26.7. The third-order valence-electron chi connectivity index (χ3n) is 1.44. The molecule has 1 rings (SSSR count). The van der Waals surface area contributed by atoms with Gasteiger partial charge in [-0.1, -0.05) is 6.07 Å². The van der Waals surface area contributed by atoms with Gasteiger partial charge >= 0.3 is 0 Å². The molecule has 5 nitrogen and oxygen atoms in total. The minimum atomic E-state index is -3.71. The van der Waals surface area contributed by atoms with Crippen molar-refractivity contribution in [1.82, 2.24) is 0 Å². The van der Waals surface area contributed by atoms with Crippen molar-refractivity contribution in [2.45, 2.75) is 4.90 Å². The molecule has 14 heavy (non-hydrogen) atoms. The first kappa shape index (κ1) is 10.5. The first-order valence-electron chi connectivity index (χ1n) is 3.66. The van der Waals surface area contributed by atoms with Gasteiger partial charge in [0.1, 0.15) is 11.8 Å². The van der Waals surface area contributed by atoms with Crippen LogP contribution in [0.2, 0.25) is 0 Å². The van der Waals surface area contributed by atoms with Crippen LogP contribution in [0.1, 0.15) is 0 Å². The van der Waals surface area contributed by atoms with E-state index in [0.29, 0.717) is 5.75 Å². The number of hydrogen-bond acceptors (Lipinski definition) is 4. The van der Waals surface area contributed by atoms with E-state index in [1.165, 1.54) is 18.2 Å². The summed E-state index contributed by atoms with van der Waals surface area (Å²) in [6.45, 7) is -0.131. The lowest BCUT2D eigenvalue weighted by Gasteiger charge is -2.02. The number of nitrogens with zero attached hydrogens (tertiary/aromatic N) is 1. The van der Waals surface area contributed by atoms with E-state index in [1.807, 2.05) is 0 Å². The number of nitrogens with two attached hydrogens (primary N) is 1. The van der Waals surface area contributed by atoms with Gasteiger partial charge in [0.15, 0.2) is 6.61 Å². The van der Waals surface area contributed by atoms with Crippen molar-refractivity contribution in [2.24, 2.45) is 5.14 Å². The molecule has 1 aromatic carbocycles. The van der Waals surface area contributed by atoms with Gasteiger partial charge in [-0.3, -0.25) is 0 Å². The maximum Gasteiger partial charge on any atom is 0.238 e. The molecule has 74 valence electrons. The van der Waals surface area contributed by atoms with Crippen LogP contribution in [-0.2, 0) is 10.0 Å². The lowest BCUT2D eigenvalue weighted by molar-refractivity contribution is 0.367. The molecule has 6 heteroatoms. The second-order valence-electron chi connectivity index (χ2n) is 2.47. The first-order valence-corrected chi connectivity index (χ1v) is 5.21. The van der Waals surface area contributed by atoms with Gasteiger partial charge in [0.25, 0.3) is 0 Å². The molecule has 0 aromatic heterocycles. The molecule has 0 heterocycles.